The summed E-state index contributed by atoms with van der Waals surface area (Å²) in [5.74, 6) is -1.78. The summed E-state index contributed by atoms with van der Waals surface area (Å²) in [5.41, 5.74) is -0.632. The van der Waals surface area contributed by atoms with Crippen molar-refractivity contribution in [2.45, 2.75) is 103 Å². The predicted molar refractivity (Wildman–Crippen MR) is 142 cm³/mol. The molecule has 1 rings (SSSR count). The van der Waals surface area contributed by atoms with Gasteiger partial charge in [0.2, 0.25) is 0 Å². The Bertz CT molecular complexity index is 1020. The van der Waals surface area contributed by atoms with Crippen LogP contribution in [0.5, 0.6) is 0 Å². The fourth-order valence-corrected chi connectivity index (χ4v) is 4.29. The molecule has 0 spiro atoms. The standard InChI is InChI=1S/C27H43NO9S/c1-9-34-23(29)20(11-10-18-35-38(32,33)21-15-12-19(2)13-16-21)14-17-22(24(30)36-26(3,4)5)28-25(31)37-27(6,7)8/h12-13,15-16,20,22H,9-11,14,17-18H2,1-8H3,(H,28,31). The number of alkyl carbamates (subject to hydrolysis) is 1. The number of ether oxygens (including phenoxy) is 3. The van der Waals surface area contributed by atoms with Crippen molar-refractivity contribution >= 4 is 28.1 Å². The third-order valence-corrected chi connectivity index (χ3v) is 6.38. The van der Waals surface area contributed by atoms with Gasteiger partial charge in [-0.3, -0.25) is 8.98 Å². The first kappa shape index (κ1) is 33.4. The number of esters is 2. The number of hydrogen-bond donors (Lipinski definition) is 1. The van der Waals surface area contributed by atoms with E-state index in [4.69, 9.17) is 18.4 Å². The number of benzene rings is 1. The van der Waals surface area contributed by atoms with Gasteiger partial charge in [-0.05, 0) is 93.2 Å². The molecule has 0 aliphatic rings. The van der Waals surface area contributed by atoms with Crippen molar-refractivity contribution in [3.05, 3.63) is 29.8 Å². The molecule has 0 radical (unpaired) electrons. The summed E-state index contributed by atoms with van der Waals surface area (Å²) in [6, 6.07) is 5.25. The Kier molecular flexibility index (Phi) is 12.7. The Hall–Kier alpha value is -2.66. The first-order valence-electron chi connectivity index (χ1n) is 12.8. The van der Waals surface area contributed by atoms with Crippen LogP contribution in [0, 0.1) is 12.8 Å². The Balaban J connectivity index is 2.85. The number of carbonyl (C=O) groups is 3. The first-order valence-corrected chi connectivity index (χ1v) is 14.2. The van der Waals surface area contributed by atoms with E-state index in [-0.39, 0.29) is 43.8 Å². The molecule has 0 aromatic heterocycles. The zero-order valence-electron chi connectivity index (χ0n) is 23.8. The van der Waals surface area contributed by atoms with Crippen molar-refractivity contribution in [3.63, 3.8) is 0 Å². The molecule has 1 aromatic carbocycles. The summed E-state index contributed by atoms with van der Waals surface area (Å²) < 4.78 is 45.9. The highest BCUT2D eigenvalue weighted by Gasteiger charge is 2.31. The van der Waals surface area contributed by atoms with Gasteiger partial charge >= 0.3 is 18.0 Å². The van der Waals surface area contributed by atoms with Crippen LogP contribution in [-0.2, 0) is 38.1 Å². The third-order valence-electron chi connectivity index (χ3n) is 5.05. The van der Waals surface area contributed by atoms with Gasteiger partial charge in [0.05, 0.1) is 24.0 Å². The van der Waals surface area contributed by atoms with Gasteiger partial charge in [0.25, 0.3) is 10.1 Å². The van der Waals surface area contributed by atoms with Crippen molar-refractivity contribution in [2.24, 2.45) is 5.92 Å². The van der Waals surface area contributed by atoms with Crippen LogP contribution >= 0.6 is 0 Å². The van der Waals surface area contributed by atoms with Crippen molar-refractivity contribution in [1.82, 2.24) is 5.32 Å². The Labute approximate surface area is 226 Å². The molecule has 1 amide bonds. The van der Waals surface area contributed by atoms with Gasteiger partial charge in [-0.1, -0.05) is 17.7 Å². The van der Waals surface area contributed by atoms with Gasteiger partial charge in [0.1, 0.15) is 17.2 Å². The molecule has 38 heavy (non-hydrogen) atoms. The van der Waals surface area contributed by atoms with E-state index in [1.165, 1.54) is 12.1 Å². The van der Waals surface area contributed by atoms with Crippen molar-refractivity contribution in [2.75, 3.05) is 13.2 Å². The maximum Gasteiger partial charge on any atom is 0.408 e. The molecular weight excluding hydrogens is 514 g/mol. The molecule has 216 valence electrons. The maximum atomic E-state index is 12.8. The van der Waals surface area contributed by atoms with E-state index in [1.54, 1.807) is 60.6 Å². The predicted octanol–water partition coefficient (Wildman–Crippen LogP) is 4.68. The van der Waals surface area contributed by atoms with Gasteiger partial charge in [-0.25, -0.2) is 9.59 Å². The summed E-state index contributed by atoms with van der Waals surface area (Å²) in [4.78, 5) is 37.8. The van der Waals surface area contributed by atoms with Crippen LogP contribution in [0.3, 0.4) is 0 Å². The van der Waals surface area contributed by atoms with Crippen LogP contribution < -0.4 is 5.32 Å². The molecule has 11 heteroatoms. The lowest BCUT2D eigenvalue weighted by Crippen LogP contribution is -2.46. The summed E-state index contributed by atoms with van der Waals surface area (Å²) in [6.45, 7) is 13.8. The van der Waals surface area contributed by atoms with Gasteiger partial charge in [-0.15, -0.1) is 0 Å². The lowest BCUT2D eigenvalue weighted by molar-refractivity contribution is -0.158. The van der Waals surface area contributed by atoms with Crippen LogP contribution in [0.4, 0.5) is 4.79 Å². The lowest BCUT2D eigenvalue weighted by Gasteiger charge is -2.27. The Morgan fingerprint density at radius 1 is 0.868 bits per heavy atom. The quantitative estimate of drug-likeness (QED) is 0.159. The molecule has 0 saturated carbocycles. The van der Waals surface area contributed by atoms with E-state index >= 15 is 0 Å². The number of nitrogens with one attached hydrogen (secondary N) is 1. The fraction of sp³-hybridized carbons (Fsp3) is 0.667. The molecule has 1 aromatic rings. The summed E-state index contributed by atoms with van der Waals surface area (Å²) in [5, 5.41) is 2.54. The van der Waals surface area contributed by atoms with Crippen LogP contribution in [0.25, 0.3) is 0 Å². The number of carbonyl (C=O) groups excluding carboxylic acids is 3. The Morgan fingerprint density at radius 3 is 1.97 bits per heavy atom. The first-order chi connectivity index (χ1) is 17.4. The minimum atomic E-state index is -3.93. The smallest absolute Gasteiger partial charge is 0.408 e. The largest absolute Gasteiger partial charge is 0.466 e. The molecule has 0 saturated heterocycles. The van der Waals surface area contributed by atoms with E-state index in [0.717, 1.165) is 5.56 Å². The fourth-order valence-electron chi connectivity index (χ4n) is 3.35. The molecular formula is C27H43NO9S. The normalized spacial score (nSPS) is 13.8. The summed E-state index contributed by atoms with van der Waals surface area (Å²) in [6.07, 6.45) is 0.000347. The van der Waals surface area contributed by atoms with Crippen LogP contribution in [0.1, 0.15) is 79.7 Å². The summed E-state index contributed by atoms with van der Waals surface area (Å²) >= 11 is 0. The molecule has 0 aliphatic heterocycles. The third kappa shape index (κ3) is 13.2. The highest BCUT2D eigenvalue weighted by Crippen LogP contribution is 2.21. The van der Waals surface area contributed by atoms with E-state index in [9.17, 15) is 22.8 Å². The minimum Gasteiger partial charge on any atom is -0.466 e. The zero-order chi connectivity index (χ0) is 29.1. The highest BCUT2D eigenvalue weighted by atomic mass is 32.2. The van der Waals surface area contributed by atoms with Crippen LogP contribution in [-0.4, -0.2) is 56.9 Å². The van der Waals surface area contributed by atoms with E-state index in [1.807, 2.05) is 6.92 Å². The van der Waals surface area contributed by atoms with Gasteiger partial charge in [0, 0.05) is 0 Å². The molecule has 0 fully saturated rings. The lowest BCUT2D eigenvalue weighted by atomic mass is 9.95. The minimum absolute atomic E-state index is 0.0541. The summed E-state index contributed by atoms with van der Waals surface area (Å²) in [7, 11) is -3.93. The number of hydrogen-bond acceptors (Lipinski definition) is 9. The van der Waals surface area contributed by atoms with Gasteiger partial charge < -0.3 is 19.5 Å². The monoisotopic (exact) mass is 557 g/mol. The van der Waals surface area contributed by atoms with Crippen LogP contribution in [0.2, 0.25) is 0 Å². The maximum absolute atomic E-state index is 12.8. The van der Waals surface area contributed by atoms with Gasteiger partial charge in [-0.2, -0.15) is 8.42 Å². The molecule has 2 unspecified atom stereocenters. The van der Waals surface area contributed by atoms with Crippen molar-refractivity contribution in [1.29, 1.82) is 0 Å². The topological polar surface area (TPSA) is 134 Å². The van der Waals surface area contributed by atoms with Crippen LogP contribution in [0.15, 0.2) is 29.2 Å². The second kappa shape index (κ2) is 14.5. The number of amides is 1. The SMILES string of the molecule is CCOC(=O)C(CCCOS(=O)(=O)c1ccc(C)cc1)CCC(NC(=O)OC(C)(C)C)C(=O)OC(C)(C)C. The van der Waals surface area contributed by atoms with E-state index < -0.39 is 51.3 Å². The van der Waals surface area contributed by atoms with Crippen molar-refractivity contribution in [3.8, 4) is 0 Å². The molecule has 0 heterocycles. The second-order valence-corrected chi connectivity index (χ2v) is 12.6. The second-order valence-electron chi connectivity index (χ2n) is 11.0. The van der Waals surface area contributed by atoms with E-state index in [0.29, 0.717) is 0 Å². The molecule has 2 atom stereocenters. The average molecular weight is 558 g/mol. The van der Waals surface area contributed by atoms with Crippen molar-refractivity contribution < 1.29 is 41.2 Å². The molecule has 1 N–H and O–H groups in total. The number of rotatable bonds is 13. The highest BCUT2D eigenvalue weighted by molar-refractivity contribution is 7.86. The molecule has 10 nitrogen and oxygen atoms in total. The molecule has 0 bridgehead atoms. The average Bonchev–Trinajstić information content (AvgIpc) is 2.75. The van der Waals surface area contributed by atoms with Gasteiger partial charge in [0.15, 0.2) is 0 Å². The zero-order valence-corrected chi connectivity index (χ0v) is 24.6. The number of aryl methyl sites for hydroxylation is 1. The Morgan fingerprint density at radius 2 is 1.45 bits per heavy atom. The molecule has 0 aliphatic carbocycles. The van der Waals surface area contributed by atoms with E-state index in [2.05, 4.69) is 5.32 Å².